The van der Waals surface area contributed by atoms with Crippen molar-refractivity contribution >= 4 is 17.4 Å². The third-order valence-corrected chi connectivity index (χ3v) is 0.877. The Kier molecular flexibility index (Phi) is 1.35. The number of aromatic nitrogens is 1. The van der Waals surface area contributed by atoms with E-state index in [0.717, 1.165) is 0 Å². The van der Waals surface area contributed by atoms with E-state index in [1.54, 1.807) is 12.1 Å². The second-order valence-electron chi connectivity index (χ2n) is 1.31. The summed E-state index contributed by atoms with van der Waals surface area (Å²) in [5.74, 6) is 0.425. The van der Waals surface area contributed by atoms with Gasteiger partial charge in [-0.05, 0) is 12.1 Å². The van der Waals surface area contributed by atoms with Crippen LogP contribution >= 0.6 is 11.6 Å². The number of nitrogen functional groups attached to an aromatic ring is 1. The van der Waals surface area contributed by atoms with Gasteiger partial charge in [-0.15, -0.1) is 0 Å². The Morgan fingerprint density at radius 3 is 2.88 bits per heavy atom. The van der Waals surface area contributed by atoms with Gasteiger partial charge < -0.3 is 5.73 Å². The summed E-state index contributed by atoms with van der Waals surface area (Å²) in [6.45, 7) is 0. The molecule has 0 unspecified atom stereocenters. The van der Waals surface area contributed by atoms with Crippen LogP contribution in [0.15, 0.2) is 12.1 Å². The van der Waals surface area contributed by atoms with Gasteiger partial charge in [-0.2, -0.15) is 0 Å². The van der Waals surface area contributed by atoms with Crippen molar-refractivity contribution in [3.63, 3.8) is 0 Å². The molecule has 3 heteroatoms. The molecule has 0 amide bonds. The highest BCUT2D eigenvalue weighted by molar-refractivity contribution is 6.29. The van der Waals surface area contributed by atoms with E-state index in [-0.39, 0.29) is 0 Å². The van der Waals surface area contributed by atoms with E-state index in [4.69, 9.17) is 17.3 Å². The summed E-state index contributed by atoms with van der Waals surface area (Å²) >= 11 is 5.40. The molecule has 41 valence electrons. The van der Waals surface area contributed by atoms with E-state index in [0.29, 0.717) is 11.0 Å². The molecular formula is C5H4ClN2. The first-order valence-electron chi connectivity index (χ1n) is 2.09. The summed E-state index contributed by atoms with van der Waals surface area (Å²) in [5, 5.41) is 0.310. The zero-order valence-corrected chi connectivity index (χ0v) is 4.81. The molecule has 1 aromatic heterocycles. The largest absolute Gasteiger partial charge is 0.384 e. The Hall–Kier alpha value is -0.760. The third kappa shape index (κ3) is 1.10. The maximum absolute atomic E-state index is 5.40. The zero-order valence-electron chi connectivity index (χ0n) is 4.06. The van der Waals surface area contributed by atoms with E-state index in [1.807, 2.05) is 0 Å². The van der Waals surface area contributed by atoms with Gasteiger partial charge in [0, 0.05) is 6.07 Å². The normalized spacial score (nSPS) is 9.12. The number of anilines is 1. The van der Waals surface area contributed by atoms with Crippen LogP contribution < -0.4 is 5.73 Å². The summed E-state index contributed by atoms with van der Waals surface area (Å²) in [6.07, 6.45) is 0. The Morgan fingerprint density at radius 1 is 1.75 bits per heavy atom. The predicted molar refractivity (Wildman–Crippen MR) is 32.5 cm³/mol. The van der Waals surface area contributed by atoms with Gasteiger partial charge >= 0.3 is 0 Å². The van der Waals surface area contributed by atoms with Gasteiger partial charge in [0.15, 0.2) is 0 Å². The van der Waals surface area contributed by atoms with Crippen LogP contribution in [0.1, 0.15) is 0 Å². The van der Waals surface area contributed by atoms with Crippen molar-refractivity contribution in [2.45, 2.75) is 0 Å². The molecule has 0 fully saturated rings. The molecular weight excluding hydrogens is 124 g/mol. The number of rotatable bonds is 0. The third-order valence-electron chi connectivity index (χ3n) is 0.684. The van der Waals surface area contributed by atoms with E-state index < -0.39 is 0 Å². The monoisotopic (exact) mass is 127 g/mol. The van der Waals surface area contributed by atoms with E-state index in [2.05, 4.69) is 11.1 Å². The lowest BCUT2D eigenvalue weighted by Crippen LogP contribution is -1.87. The molecule has 0 aliphatic heterocycles. The van der Waals surface area contributed by atoms with Crippen LogP contribution in [-0.4, -0.2) is 4.98 Å². The van der Waals surface area contributed by atoms with Crippen molar-refractivity contribution < 1.29 is 0 Å². The van der Waals surface area contributed by atoms with Crippen LogP contribution in [0, 0.1) is 6.07 Å². The van der Waals surface area contributed by atoms with Gasteiger partial charge in [-0.25, -0.2) is 4.98 Å². The summed E-state index contributed by atoms with van der Waals surface area (Å²) in [7, 11) is 0. The average Bonchev–Trinajstić information content (AvgIpc) is 1.64. The number of halogens is 1. The molecule has 1 rings (SSSR count). The molecule has 1 radical (unpaired) electrons. The lowest BCUT2D eigenvalue weighted by Gasteiger charge is -1.87. The Bertz CT molecular complexity index is 170. The lowest BCUT2D eigenvalue weighted by molar-refractivity contribution is 1.33. The predicted octanol–water partition coefficient (Wildman–Crippen LogP) is 1.12. The van der Waals surface area contributed by atoms with Gasteiger partial charge in [0.2, 0.25) is 0 Å². The van der Waals surface area contributed by atoms with Crippen molar-refractivity contribution in [2.24, 2.45) is 0 Å². The van der Waals surface area contributed by atoms with Gasteiger partial charge in [-0.3, -0.25) is 0 Å². The van der Waals surface area contributed by atoms with E-state index in [9.17, 15) is 0 Å². The number of nitrogens with two attached hydrogens (primary N) is 1. The number of nitrogens with zero attached hydrogens (tertiary/aromatic N) is 1. The van der Waals surface area contributed by atoms with E-state index >= 15 is 0 Å². The molecule has 0 spiro atoms. The van der Waals surface area contributed by atoms with Gasteiger partial charge in [0.05, 0.1) is 0 Å². The average molecular weight is 128 g/mol. The Labute approximate surface area is 52.3 Å². The molecule has 0 saturated heterocycles. The van der Waals surface area contributed by atoms with Crippen LogP contribution in [0.25, 0.3) is 0 Å². The molecule has 1 aromatic rings. The molecule has 0 aromatic carbocycles. The lowest BCUT2D eigenvalue weighted by atomic mass is 10.5. The topological polar surface area (TPSA) is 38.9 Å². The van der Waals surface area contributed by atoms with Crippen molar-refractivity contribution in [3.8, 4) is 0 Å². The molecule has 8 heavy (non-hydrogen) atoms. The van der Waals surface area contributed by atoms with Crippen molar-refractivity contribution in [3.05, 3.63) is 23.4 Å². The zero-order chi connectivity index (χ0) is 5.98. The molecule has 2 N–H and O–H groups in total. The molecule has 0 atom stereocenters. The minimum Gasteiger partial charge on any atom is -0.384 e. The summed E-state index contributed by atoms with van der Waals surface area (Å²) in [4.78, 5) is 3.66. The molecule has 0 bridgehead atoms. The first-order valence-corrected chi connectivity index (χ1v) is 2.46. The van der Waals surface area contributed by atoms with Gasteiger partial charge in [0.1, 0.15) is 11.0 Å². The number of pyridine rings is 1. The highest BCUT2D eigenvalue weighted by Crippen LogP contribution is 2.03. The minimum atomic E-state index is 0.310. The van der Waals surface area contributed by atoms with Crippen LogP contribution in [0.2, 0.25) is 5.15 Å². The summed E-state index contributed by atoms with van der Waals surface area (Å²) in [5.41, 5.74) is 5.24. The molecule has 2 nitrogen and oxygen atoms in total. The molecule has 0 aliphatic rings. The fraction of sp³-hybridized carbons (Fsp3) is 0. The summed E-state index contributed by atoms with van der Waals surface area (Å²) < 4.78 is 0. The quantitative estimate of drug-likeness (QED) is 0.531. The fourth-order valence-electron chi connectivity index (χ4n) is 0.379. The Balaban J connectivity index is 3.08. The van der Waals surface area contributed by atoms with E-state index in [1.165, 1.54) is 0 Å². The van der Waals surface area contributed by atoms with Crippen molar-refractivity contribution in [2.75, 3.05) is 5.73 Å². The van der Waals surface area contributed by atoms with Crippen LogP contribution in [0.3, 0.4) is 0 Å². The SMILES string of the molecule is Nc1cc[c]c(Cl)n1. The molecule has 0 saturated carbocycles. The second kappa shape index (κ2) is 2.01. The minimum absolute atomic E-state index is 0.310. The maximum atomic E-state index is 5.40. The Morgan fingerprint density at radius 2 is 2.50 bits per heavy atom. The fourth-order valence-corrected chi connectivity index (χ4v) is 0.539. The van der Waals surface area contributed by atoms with Crippen molar-refractivity contribution in [1.82, 2.24) is 4.98 Å². The molecule has 0 aliphatic carbocycles. The standard InChI is InChI=1S/C5H4ClN2/c6-4-2-1-3-5(7)8-4/h1,3H,(H2,7,8). The van der Waals surface area contributed by atoms with Gasteiger partial charge in [0.25, 0.3) is 0 Å². The van der Waals surface area contributed by atoms with Gasteiger partial charge in [-0.1, -0.05) is 11.6 Å². The second-order valence-corrected chi connectivity index (χ2v) is 1.66. The van der Waals surface area contributed by atoms with Crippen molar-refractivity contribution in [1.29, 1.82) is 0 Å². The highest BCUT2D eigenvalue weighted by atomic mass is 35.5. The smallest absolute Gasteiger partial charge is 0.139 e. The first-order chi connectivity index (χ1) is 3.79. The maximum Gasteiger partial charge on any atom is 0.139 e. The van der Waals surface area contributed by atoms with Crippen LogP contribution in [0.5, 0.6) is 0 Å². The number of hydrogen-bond donors (Lipinski definition) is 1. The highest BCUT2D eigenvalue weighted by Gasteiger charge is 1.85. The number of hydrogen-bond acceptors (Lipinski definition) is 2. The van der Waals surface area contributed by atoms with Crippen LogP contribution in [0.4, 0.5) is 5.82 Å². The van der Waals surface area contributed by atoms with Crippen LogP contribution in [-0.2, 0) is 0 Å². The first kappa shape index (κ1) is 5.38. The molecule has 1 heterocycles. The summed E-state index contributed by atoms with van der Waals surface area (Å²) in [6, 6.07) is 5.91.